The van der Waals surface area contributed by atoms with E-state index in [-0.39, 0.29) is 29.7 Å². The number of anilines is 1. The Morgan fingerprint density at radius 1 is 1.30 bits per heavy atom. The van der Waals surface area contributed by atoms with Crippen LogP contribution in [0.15, 0.2) is 48.5 Å². The highest BCUT2D eigenvalue weighted by molar-refractivity contribution is 7.15. The third-order valence-corrected chi connectivity index (χ3v) is 6.11. The van der Waals surface area contributed by atoms with Gasteiger partial charge in [0.1, 0.15) is 23.1 Å². The number of fused-ring (bicyclic) bond motifs is 1. The second kappa shape index (κ2) is 8.01. The molecule has 3 aromatic rings. The van der Waals surface area contributed by atoms with E-state index < -0.39 is 11.8 Å². The number of rotatable bonds is 5. The van der Waals surface area contributed by atoms with Crippen molar-refractivity contribution in [2.45, 2.75) is 12.3 Å². The molecule has 0 bridgehead atoms. The Kier molecular flexibility index (Phi) is 5.25. The molecular weight excluding hydrogens is 405 g/mol. The highest BCUT2D eigenvalue weighted by Gasteiger charge is 2.34. The van der Waals surface area contributed by atoms with Crippen LogP contribution < -0.4 is 10.1 Å². The van der Waals surface area contributed by atoms with E-state index in [2.05, 4.69) is 11.2 Å². The van der Waals surface area contributed by atoms with Gasteiger partial charge in [0.05, 0.1) is 5.69 Å². The molecule has 1 aromatic heterocycles. The second-order valence-electron chi connectivity index (χ2n) is 6.73. The average Bonchev–Trinajstić information content (AvgIpc) is 3.12. The molecule has 30 heavy (non-hydrogen) atoms. The minimum atomic E-state index is -1.10. The normalized spacial score (nSPS) is 15.1. The van der Waals surface area contributed by atoms with Gasteiger partial charge in [-0.05, 0) is 35.4 Å². The second-order valence-corrected chi connectivity index (χ2v) is 7.78. The van der Waals surface area contributed by atoms with E-state index in [0.717, 1.165) is 21.8 Å². The lowest BCUT2D eigenvalue weighted by Crippen LogP contribution is -2.22. The van der Waals surface area contributed by atoms with Gasteiger partial charge in [0, 0.05) is 22.8 Å². The first-order chi connectivity index (χ1) is 14.5. The standard InChI is InChI=1S/C23H16FNO4S/c1-2-10-29-16-5-3-4-14(11-16)17-12-18(26)25-20-19(13-6-8-15(24)9-7-13)22(23(27)28)30-21(17)20/h1,3-9,11,17H,10,12H2,(H,25,26)(H,27,28)/t17-/m0/s1. The molecule has 0 aliphatic carbocycles. The van der Waals surface area contributed by atoms with E-state index in [1.807, 2.05) is 12.1 Å². The van der Waals surface area contributed by atoms with Crippen molar-refractivity contribution in [1.29, 1.82) is 0 Å². The minimum Gasteiger partial charge on any atom is -0.481 e. The summed E-state index contributed by atoms with van der Waals surface area (Å²) in [5.41, 5.74) is 2.20. The van der Waals surface area contributed by atoms with Crippen LogP contribution in [-0.4, -0.2) is 23.6 Å². The van der Waals surface area contributed by atoms with Crippen LogP contribution in [0.5, 0.6) is 5.75 Å². The fourth-order valence-electron chi connectivity index (χ4n) is 3.54. The van der Waals surface area contributed by atoms with Crippen molar-refractivity contribution in [1.82, 2.24) is 0 Å². The first kappa shape index (κ1) is 19.7. The number of carboxylic acid groups (broad SMARTS) is 1. The summed E-state index contributed by atoms with van der Waals surface area (Å²) in [5.74, 6) is 0.899. The number of aromatic carboxylic acids is 1. The van der Waals surface area contributed by atoms with Gasteiger partial charge in [0.2, 0.25) is 5.91 Å². The molecule has 2 N–H and O–H groups in total. The number of terminal acetylenes is 1. The van der Waals surface area contributed by atoms with Crippen LogP contribution in [0.1, 0.15) is 32.5 Å². The summed E-state index contributed by atoms with van der Waals surface area (Å²) < 4.78 is 18.9. The quantitative estimate of drug-likeness (QED) is 0.584. The molecule has 1 amide bonds. The van der Waals surface area contributed by atoms with Crippen LogP contribution in [0.2, 0.25) is 0 Å². The Morgan fingerprint density at radius 2 is 2.07 bits per heavy atom. The third-order valence-electron chi connectivity index (χ3n) is 4.82. The Bertz CT molecular complexity index is 1180. The van der Waals surface area contributed by atoms with Gasteiger partial charge in [-0.25, -0.2) is 9.18 Å². The predicted octanol–water partition coefficient (Wildman–Crippen LogP) is 4.74. The summed E-state index contributed by atoms with van der Waals surface area (Å²) >= 11 is 1.12. The van der Waals surface area contributed by atoms with Crippen LogP contribution in [0.3, 0.4) is 0 Å². The lowest BCUT2D eigenvalue weighted by molar-refractivity contribution is -0.116. The van der Waals surface area contributed by atoms with Gasteiger partial charge in [0.25, 0.3) is 0 Å². The first-order valence-corrected chi connectivity index (χ1v) is 9.91. The number of halogens is 1. The number of ether oxygens (including phenoxy) is 1. The number of carbonyl (C=O) groups is 2. The summed E-state index contributed by atoms with van der Waals surface area (Å²) in [5, 5.41) is 12.6. The number of thiophene rings is 1. The topological polar surface area (TPSA) is 75.6 Å². The maximum atomic E-state index is 13.4. The number of amides is 1. The molecule has 150 valence electrons. The SMILES string of the molecule is C#CCOc1cccc([C@@H]2CC(=O)Nc3c2sc(C(=O)O)c3-c2ccc(F)cc2)c1. The largest absolute Gasteiger partial charge is 0.481 e. The number of nitrogens with one attached hydrogen (secondary N) is 1. The van der Waals surface area contributed by atoms with Gasteiger partial charge < -0.3 is 15.2 Å². The lowest BCUT2D eigenvalue weighted by Gasteiger charge is -2.24. The molecule has 1 aliphatic rings. The van der Waals surface area contributed by atoms with Gasteiger partial charge in [-0.1, -0.05) is 30.2 Å². The van der Waals surface area contributed by atoms with E-state index in [1.54, 1.807) is 12.1 Å². The summed E-state index contributed by atoms with van der Waals surface area (Å²) in [4.78, 5) is 25.3. The molecule has 5 nitrogen and oxygen atoms in total. The number of carboxylic acids is 1. The van der Waals surface area contributed by atoms with E-state index in [0.29, 0.717) is 22.6 Å². The number of carbonyl (C=O) groups excluding carboxylic acids is 1. The molecule has 1 atom stereocenters. The summed E-state index contributed by atoms with van der Waals surface area (Å²) in [6.45, 7) is 0.122. The predicted molar refractivity (Wildman–Crippen MR) is 113 cm³/mol. The Labute approximate surface area is 176 Å². The zero-order chi connectivity index (χ0) is 21.3. The Hall–Kier alpha value is -3.63. The molecule has 1 aliphatic heterocycles. The van der Waals surface area contributed by atoms with Crippen molar-refractivity contribution in [2.24, 2.45) is 0 Å². The smallest absolute Gasteiger partial charge is 0.346 e. The molecule has 2 heterocycles. The maximum absolute atomic E-state index is 13.4. The van der Waals surface area contributed by atoms with Crippen molar-refractivity contribution in [3.05, 3.63) is 69.7 Å². The molecule has 0 fully saturated rings. The van der Waals surface area contributed by atoms with Crippen LogP contribution in [0, 0.1) is 18.2 Å². The van der Waals surface area contributed by atoms with Crippen molar-refractivity contribution in [3.8, 4) is 29.2 Å². The monoisotopic (exact) mass is 421 g/mol. The number of hydrogen-bond acceptors (Lipinski definition) is 4. The van der Waals surface area contributed by atoms with Crippen LogP contribution in [-0.2, 0) is 4.79 Å². The molecule has 7 heteroatoms. The molecule has 2 aromatic carbocycles. The molecule has 0 saturated heterocycles. The van der Waals surface area contributed by atoms with Crippen molar-refractivity contribution in [2.75, 3.05) is 11.9 Å². The molecule has 0 spiro atoms. The van der Waals surface area contributed by atoms with E-state index in [4.69, 9.17) is 11.2 Å². The molecule has 0 saturated carbocycles. The fraction of sp³-hybridized carbons (Fsp3) is 0.130. The summed E-state index contributed by atoms with van der Waals surface area (Å²) in [6, 6.07) is 12.8. The van der Waals surface area contributed by atoms with E-state index in [1.165, 1.54) is 24.3 Å². The lowest BCUT2D eigenvalue weighted by atomic mass is 9.88. The third kappa shape index (κ3) is 3.65. The molecule has 4 rings (SSSR count). The van der Waals surface area contributed by atoms with Crippen LogP contribution in [0.25, 0.3) is 11.1 Å². The highest BCUT2D eigenvalue weighted by Crippen LogP contribution is 2.49. The van der Waals surface area contributed by atoms with Crippen molar-refractivity contribution in [3.63, 3.8) is 0 Å². The van der Waals surface area contributed by atoms with Gasteiger partial charge in [-0.3, -0.25) is 4.79 Å². The minimum absolute atomic E-state index is 0.0959. The summed E-state index contributed by atoms with van der Waals surface area (Å²) in [7, 11) is 0. The van der Waals surface area contributed by atoms with Gasteiger partial charge in [-0.15, -0.1) is 17.8 Å². The van der Waals surface area contributed by atoms with Crippen molar-refractivity contribution < 1.29 is 23.8 Å². The van der Waals surface area contributed by atoms with E-state index in [9.17, 15) is 19.1 Å². The van der Waals surface area contributed by atoms with Crippen LogP contribution in [0.4, 0.5) is 10.1 Å². The first-order valence-electron chi connectivity index (χ1n) is 9.10. The Balaban J connectivity index is 1.85. The highest BCUT2D eigenvalue weighted by atomic mass is 32.1. The molecule has 0 radical (unpaired) electrons. The van der Waals surface area contributed by atoms with Crippen LogP contribution >= 0.6 is 11.3 Å². The molecule has 0 unspecified atom stereocenters. The van der Waals surface area contributed by atoms with Gasteiger partial charge >= 0.3 is 5.97 Å². The fourth-order valence-corrected chi connectivity index (χ4v) is 4.79. The van der Waals surface area contributed by atoms with Gasteiger partial charge in [0.15, 0.2) is 0 Å². The molecular formula is C23H16FNO4S. The van der Waals surface area contributed by atoms with Gasteiger partial charge in [-0.2, -0.15) is 0 Å². The Morgan fingerprint density at radius 3 is 2.77 bits per heavy atom. The van der Waals surface area contributed by atoms with Crippen molar-refractivity contribution >= 4 is 28.9 Å². The number of benzene rings is 2. The average molecular weight is 421 g/mol. The zero-order valence-corrected chi connectivity index (χ0v) is 16.5. The maximum Gasteiger partial charge on any atom is 0.346 e. The zero-order valence-electron chi connectivity index (χ0n) is 15.6. The van der Waals surface area contributed by atoms with E-state index >= 15 is 0 Å². The number of hydrogen-bond donors (Lipinski definition) is 2. The summed E-state index contributed by atoms with van der Waals surface area (Å²) in [6.07, 6.45) is 5.42.